The van der Waals surface area contributed by atoms with Gasteiger partial charge in [-0.05, 0) is 74.1 Å². The number of carbonyl (C=O) groups is 2. The van der Waals surface area contributed by atoms with Crippen molar-refractivity contribution in [2.75, 3.05) is 19.7 Å². The van der Waals surface area contributed by atoms with Gasteiger partial charge >= 0.3 is 19.2 Å². The van der Waals surface area contributed by atoms with Crippen molar-refractivity contribution >= 4 is 24.6 Å². The van der Waals surface area contributed by atoms with Crippen molar-refractivity contribution in [1.29, 1.82) is 0 Å². The van der Waals surface area contributed by atoms with Crippen molar-refractivity contribution in [3.05, 3.63) is 12.4 Å². The number of piperidine rings is 1. The molecule has 2 saturated heterocycles. The first-order valence-corrected chi connectivity index (χ1v) is 12.3. The maximum atomic E-state index is 12.7. The maximum absolute atomic E-state index is 12.7. The number of alkyl carbamates (subject to hydrolysis) is 1. The van der Waals surface area contributed by atoms with E-state index in [4.69, 9.17) is 18.8 Å². The Balaban J connectivity index is 1.41. The Morgan fingerprint density at radius 2 is 1.69 bits per heavy atom. The minimum atomic E-state index is -0.645. The Morgan fingerprint density at radius 3 is 2.20 bits per heavy atom. The van der Waals surface area contributed by atoms with Gasteiger partial charge in [0.2, 0.25) is 5.91 Å². The zero-order chi connectivity index (χ0) is 26.0. The standard InChI is InChI=1S/C24H39BN4O6/c1-16(28-21(31)33-22(2,3)4)19(30)29-11-9-17(10-12-29)15-32-20-26-13-18(14-27-20)25-34-23(5,6)24(7,8)35-25/h13-14,16-17H,9-12,15H2,1-8H3,(H,28,31)/t16-/m0/s1. The summed E-state index contributed by atoms with van der Waals surface area (Å²) in [4.78, 5) is 35.0. The largest absolute Gasteiger partial charge is 0.498 e. The van der Waals surface area contributed by atoms with Crippen molar-refractivity contribution in [3.63, 3.8) is 0 Å². The molecule has 0 aromatic carbocycles. The van der Waals surface area contributed by atoms with Crippen LogP contribution in [0.15, 0.2) is 12.4 Å². The normalized spacial score (nSPS) is 20.9. The lowest BCUT2D eigenvalue weighted by Crippen LogP contribution is -2.50. The van der Waals surface area contributed by atoms with Crippen LogP contribution in [-0.2, 0) is 18.8 Å². The highest BCUT2D eigenvalue weighted by molar-refractivity contribution is 6.61. The number of aromatic nitrogens is 2. The maximum Gasteiger partial charge on any atom is 0.498 e. The van der Waals surface area contributed by atoms with E-state index < -0.39 is 36.1 Å². The Hall–Kier alpha value is -2.40. The summed E-state index contributed by atoms with van der Waals surface area (Å²) >= 11 is 0. The van der Waals surface area contributed by atoms with Gasteiger partial charge in [0.15, 0.2) is 0 Å². The Morgan fingerprint density at radius 1 is 1.14 bits per heavy atom. The lowest BCUT2D eigenvalue weighted by Gasteiger charge is -2.33. The van der Waals surface area contributed by atoms with Crippen LogP contribution in [0.25, 0.3) is 0 Å². The first-order chi connectivity index (χ1) is 16.2. The van der Waals surface area contributed by atoms with Gasteiger partial charge in [0, 0.05) is 30.9 Å². The van der Waals surface area contributed by atoms with Crippen molar-refractivity contribution in [2.45, 2.75) is 91.1 Å². The van der Waals surface area contributed by atoms with Gasteiger partial charge in [-0.25, -0.2) is 14.8 Å². The van der Waals surface area contributed by atoms with Crippen LogP contribution in [0.3, 0.4) is 0 Å². The third-order valence-electron chi connectivity index (χ3n) is 6.65. The van der Waals surface area contributed by atoms with Gasteiger partial charge in [-0.1, -0.05) is 0 Å². The number of carbonyl (C=O) groups excluding carboxylic acids is 2. The Kier molecular flexibility index (Phi) is 8.01. The van der Waals surface area contributed by atoms with Gasteiger partial charge in [0.05, 0.1) is 17.8 Å². The molecule has 0 spiro atoms. The molecule has 2 fully saturated rings. The van der Waals surface area contributed by atoms with Gasteiger partial charge < -0.3 is 29.0 Å². The summed E-state index contributed by atoms with van der Waals surface area (Å²) in [5.41, 5.74) is -0.711. The second-order valence-electron chi connectivity index (χ2n) is 11.3. The fraction of sp³-hybridized carbons (Fsp3) is 0.750. The molecule has 1 N–H and O–H groups in total. The first-order valence-electron chi connectivity index (χ1n) is 12.3. The molecule has 11 heteroatoms. The van der Waals surface area contributed by atoms with Crippen LogP contribution in [0, 0.1) is 5.92 Å². The second kappa shape index (κ2) is 10.3. The summed E-state index contributed by atoms with van der Waals surface area (Å²) in [5.74, 6) is 0.177. The van der Waals surface area contributed by atoms with Crippen LogP contribution >= 0.6 is 0 Å². The number of rotatable bonds is 6. The molecule has 1 atom stereocenters. The monoisotopic (exact) mass is 490 g/mol. The molecule has 0 radical (unpaired) electrons. The molecule has 10 nitrogen and oxygen atoms in total. The van der Waals surface area contributed by atoms with Gasteiger partial charge in [0.1, 0.15) is 11.6 Å². The second-order valence-corrected chi connectivity index (χ2v) is 11.3. The number of hydrogen-bond donors (Lipinski definition) is 1. The van der Waals surface area contributed by atoms with Crippen LogP contribution in [-0.4, -0.2) is 76.5 Å². The van der Waals surface area contributed by atoms with Crippen molar-refractivity contribution in [3.8, 4) is 6.01 Å². The molecule has 194 valence electrons. The molecule has 0 saturated carbocycles. The molecule has 0 bridgehead atoms. The smallest absolute Gasteiger partial charge is 0.463 e. The molecular formula is C24H39BN4O6. The number of amides is 2. The molecular weight excluding hydrogens is 451 g/mol. The van der Waals surface area contributed by atoms with E-state index in [2.05, 4.69) is 15.3 Å². The average Bonchev–Trinajstić information content (AvgIpc) is 2.98. The third-order valence-corrected chi connectivity index (χ3v) is 6.65. The molecule has 1 aromatic heterocycles. The van der Waals surface area contributed by atoms with Gasteiger partial charge in [-0.15, -0.1) is 0 Å². The molecule has 2 aliphatic heterocycles. The lowest BCUT2D eigenvalue weighted by atomic mass is 9.81. The van der Waals surface area contributed by atoms with Crippen LogP contribution in [0.1, 0.15) is 68.2 Å². The van der Waals surface area contributed by atoms with Crippen molar-refractivity contribution in [2.24, 2.45) is 5.92 Å². The lowest BCUT2D eigenvalue weighted by molar-refractivity contribution is -0.134. The van der Waals surface area contributed by atoms with Gasteiger partial charge in [-0.2, -0.15) is 0 Å². The SMILES string of the molecule is C[C@H](NC(=O)OC(C)(C)C)C(=O)N1CCC(COc2ncc(B3OC(C)(C)C(C)(C)O3)cn2)CC1. The number of ether oxygens (including phenoxy) is 2. The molecule has 2 aliphatic rings. The predicted octanol–water partition coefficient (Wildman–Crippen LogP) is 2.31. The third kappa shape index (κ3) is 7.07. The summed E-state index contributed by atoms with van der Waals surface area (Å²) in [6.45, 7) is 16.7. The molecule has 35 heavy (non-hydrogen) atoms. The predicted molar refractivity (Wildman–Crippen MR) is 131 cm³/mol. The van der Waals surface area contributed by atoms with E-state index in [9.17, 15) is 9.59 Å². The Labute approximate surface area is 208 Å². The van der Waals surface area contributed by atoms with E-state index in [1.807, 2.05) is 27.7 Å². The highest BCUT2D eigenvalue weighted by Gasteiger charge is 2.52. The Bertz CT molecular complexity index is 878. The molecule has 3 rings (SSSR count). The number of likely N-dealkylation sites (tertiary alicyclic amines) is 1. The van der Waals surface area contributed by atoms with Crippen LogP contribution in [0.2, 0.25) is 0 Å². The minimum Gasteiger partial charge on any atom is -0.463 e. The summed E-state index contributed by atoms with van der Waals surface area (Å²) < 4.78 is 23.1. The zero-order valence-corrected chi connectivity index (χ0v) is 22.2. The number of hydrogen-bond acceptors (Lipinski definition) is 8. The first kappa shape index (κ1) is 27.2. The van der Waals surface area contributed by atoms with Gasteiger partial charge in [-0.3, -0.25) is 4.79 Å². The van der Waals surface area contributed by atoms with Crippen molar-refractivity contribution < 1.29 is 28.4 Å². The van der Waals surface area contributed by atoms with Crippen molar-refractivity contribution in [1.82, 2.24) is 20.2 Å². The van der Waals surface area contributed by atoms with E-state index >= 15 is 0 Å². The van der Waals surface area contributed by atoms with E-state index in [1.165, 1.54) is 0 Å². The molecule has 0 aliphatic carbocycles. The van der Waals surface area contributed by atoms with Crippen LogP contribution < -0.4 is 15.5 Å². The fourth-order valence-corrected chi connectivity index (χ4v) is 3.83. The zero-order valence-electron chi connectivity index (χ0n) is 22.2. The summed E-state index contributed by atoms with van der Waals surface area (Å²) in [5, 5.41) is 2.61. The van der Waals surface area contributed by atoms with E-state index in [0.717, 1.165) is 18.3 Å². The average molecular weight is 490 g/mol. The summed E-state index contributed by atoms with van der Waals surface area (Å²) in [6.07, 6.45) is 4.36. The molecule has 2 amide bonds. The van der Waals surface area contributed by atoms with Crippen LogP contribution in [0.4, 0.5) is 4.79 Å². The minimum absolute atomic E-state index is 0.114. The topological polar surface area (TPSA) is 112 Å². The van der Waals surface area contributed by atoms with Gasteiger partial charge in [0.25, 0.3) is 0 Å². The summed E-state index contributed by atoms with van der Waals surface area (Å²) in [7, 11) is -0.511. The van der Waals surface area contributed by atoms with E-state index in [0.29, 0.717) is 31.6 Å². The molecule has 1 aromatic rings. The summed E-state index contributed by atoms with van der Waals surface area (Å²) in [6, 6.07) is -0.340. The van der Waals surface area contributed by atoms with Crippen LogP contribution in [0.5, 0.6) is 6.01 Å². The van der Waals surface area contributed by atoms with E-state index in [-0.39, 0.29) is 5.91 Å². The molecule has 0 unspecified atom stereocenters. The molecule has 3 heterocycles. The van der Waals surface area contributed by atoms with E-state index in [1.54, 1.807) is 45.0 Å². The highest BCUT2D eigenvalue weighted by Crippen LogP contribution is 2.36. The number of nitrogens with one attached hydrogen (secondary N) is 1. The quantitative estimate of drug-likeness (QED) is 0.605. The fourth-order valence-electron chi connectivity index (χ4n) is 3.83. The highest BCUT2D eigenvalue weighted by atomic mass is 16.7. The number of nitrogens with zero attached hydrogens (tertiary/aromatic N) is 3.